The lowest BCUT2D eigenvalue weighted by Gasteiger charge is -2.21. The van der Waals surface area contributed by atoms with Crippen molar-refractivity contribution < 1.29 is 14.7 Å². The molecule has 2 amide bonds. The number of carbonyl (C=O) groups is 2. The van der Waals surface area contributed by atoms with Crippen LogP contribution in [0.5, 0.6) is 5.75 Å². The van der Waals surface area contributed by atoms with Crippen molar-refractivity contribution in [2.45, 2.75) is 13.3 Å². The number of benzene rings is 1. The van der Waals surface area contributed by atoms with Crippen LogP contribution in [0.3, 0.4) is 0 Å². The number of amides is 2. The van der Waals surface area contributed by atoms with Crippen LogP contribution >= 0.6 is 15.9 Å². The van der Waals surface area contributed by atoms with Crippen molar-refractivity contribution in [3.63, 3.8) is 0 Å². The molecule has 0 spiro atoms. The van der Waals surface area contributed by atoms with Crippen molar-refractivity contribution in [1.82, 2.24) is 4.90 Å². The Kier molecular flexibility index (Phi) is 3.54. The van der Waals surface area contributed by atoms with Crippen molar-refractivity contribution in [3.05, 3.63) is 28.2 Å². The van der Waals surface area contributed by atoms with E-state index in [2.05, 4.69) is 15.9 Å². The van der Waals surface area contributed by atoms with Crippen molar-refractivity contribution in [2.24, 2.45) is 11.1 Å². The Morgan fingerprint density at radius 2 is 2.16 bits per heavy atom. The lowest BCUT2D eigenvalue weighted by molar-refractivity contribution is -0.126. The highest BCUT2D eigenvalue weighted by atomic mass is 79.9. The van der Waals surface area contributed by atoms with E-state index in [1.54, 1.807) is 24.0 Å². The number of rotatable bonds is 2. The molecule has 1 unspecified atom stereocenters. The standard InChI is InChI=1S/C13H15BrN2O3/c1-13(12(15)19)4-5-16(7-13)11(18)8-2-3-9(14)10(17)6-8/h2-3,6,17H,4-5,7H2,1H3,(H2,15,19). The minimum absolute atomic E-state index is 0.0164. The van der Waals surface area contributed by atoms with Gasteiger partial charge in [-0.2, -0.15) is 0 Å². The maximum absolute atomic E-state index is 12.3. The summed E-state index contributed by atoms with van der Waals surface area (Å²) in [6, 6.07) is 4.66. The maximum atomic E-state index is 12.3. The highest BCUT2D eigenvalue weighted by Crippen LogP contribution is 2.31. The summed E-state index contributed by atoms with van der Waals surface area (Å²) in [6.45, 7) is 2.58. The second kappa shape index (κ2) is 4.85. The number of nitrogens with two attached hydrogens (primary N) is 1. The molecule has 0 aromatic heterocycles. The molecule has 1 saturated heterocycles. The van der Waals surface area contributed by atoms with E-state index in [-0.39, 0.29) is 17.6 Å². The van der Waals surface area contributed by atoms with Gasteiger partial charge in [-0.3, -0.25) is 9.59 Å². The first kappa shape index (κ1) is 13.9. The molecule has 1 fully saturated rings. The van der Waals surface area contributed by atoms with Gasteiger partial charge in [-0.1, -0.05) is 0 Å². The number of hydrogen-bond acceptors (Lipinski definition) is 3. The molecule has 0 saturated carbocycles. The van der Waals surface area contributed by atoms with Gasteiger partial charge in [0.25, 0.3) is 5.91 Å². The lowest BCUT2D eigenvalue weighted by Crippen LogP contribution is -2.38. The molecular weight excluding hydrogens is 312 g/mol. The average Bonchev–Trinajstić information content (AvgIpc) is 2.76. The number of primary amides is 1. The highest BCUT2D eigenvalue weighted by molar-refractivity contribution is 9.10. The zero-order valence-corrected chi connectivity index (χ0v) is 12.1. The number of nitrogens with zero attached hydrogens (tertiary/aromatic N) is 1. The molecule has 2 rings (SSSR count). The Bertz CT molecular complexity index is 547. The molecule has 1 aliphatic rings. The van der Waals surface area contributed by atoms with Gasteiger partial charge in [0.05, 0.1) is 9.89 Å². The van der Waals surface area contributed by atoms with E-state index in [0.29, 0.717) is 29.5 Å². The molecule has 1 atom stereocenters. The molecule has 1 aromatic rings. The molecule has 6 heteroatoms. The molecule has 19 heavy (non-hydrogen) atoms. The zero-order chi connectivity index (χ0) is 14.2. The fourth-order valence-electron chi connectivity index (χ4n) is 2.16. The van der Waals surface area contributed by atoms with Crippen LogP contribution in [-0.2, 0) is 4.79 Å². The van der Waals surface area contributed by atoms with E-state index >= 15 is 0 Å². The first-order valence-electron chi connectivity index (χ1n) is 5.91. The number of halogens is 1. The molecule has 1 heterocycles. The van der Waals surface area contributed by atoms with Crippen molar-refractivity contribution in [1.29, 1.82) is 0 Å². The minimum atomic E-state index is -0.660. The number of hydrogen-bond donors (Lipinski definition) is 2. The van der Waals surface area contributed by atoms with Crippen molar-refractivity contribution >= 4 is 27.7 Å². The largest absolute Gasteiger partial charge is 0.507 e. The molecule has 0 radical (unpaired) electrons. The van der Waals surface area contributed by atoms with Gasteiger partial charge in [0.15, 0.2) is 0 Å². The Balaban J connectivity index is 2.18. The van der Waals surface area contributed by atoms with Crippen LogP contribution in [0.4, 0.5) is 0 Å². The fourth-order valence-corrected chi connectivity index (χ4v) is 2.41. The van der Waals surface area contributed by atoms with E-state index in [9.17, 15) is 14.7 Å². The number of carbonyl (C=O) groups excluding carboxylic acids is 2. The average molecular weight is 327 g/mol. The molecule has 1 aromatic carbocycles. The van der Waals surface area contributed by atoms with Gasteiger partial charge >= 0.3 is 0 Å². The van der Waals surface area contributed by atoms with Gasteiger partial charge in [0.2, 0.25) is 5.91 Å². The maximum Gasteiger partial charge on any atom is 0.254 e. The Hall–Kier alpha value is -1.56. The first-order valence-corrected chi connectivity index (χ1v) is 6.70. The van der Waals surface area contributed by atoms with E-state index in [1.807, 2.05) is 0 Å². The van der Waals surface area contributed by atoms with Crippen LogP contribution in [0.1, 0.15) is 23.7 Å². The second-order valence-corrected chi connectivity index (χ2v) is 5.92. The normalized spacial score (nSPS) is 22.5. The predicted octanol–water partition coefficient (Wildman–Crippen LogP) is 1.49. The van der Waals surface area contributed by atoms with Crippen LogP contribution in [0.15, 0.2) is 22.7 Å². The van der Waals surface area contributed by atoms with Crippen LogP contribution in [-0.4, -0.2) is 34.9 Å². The Morgan fingerprint density at radius 1 is 1.47 bits per heavy atom. The van der Waals surface area contributed by atoms with Gasteiger partial charge < -0.3 is 15.7 Å². The Morgan fingerprint density at radius 3 is 2.68 bits per heavy atom. The first-order chi connectivity index (χ1) is 8.83. The summed E-state index contributed by atoms with van der Waals surface area (Å²) >= 11 is 3.16. The molecule has 0 aliphatic carbocycles. The SMILES string of the molecule is CC1(C(N)=O)CCN(C(=O)c2ccc(Br)c(O)c2)C1. The van der Waals surface area contributed by atoms with Crippen molar-refractivity contribution in [3.8, 4) is 5.75 Å². The van der Waals surface area contributed by atoms with E-state index in [0.717, 1.165) is 0 Å². The van der Waals surface area contributed by atoms with E-state index in [4.69, 9.17) is 5.73 Å². The third kappa shape index (κ3) is 2.58. The second-order valence-electron chi connectivity index (χ2n) is 5.07. The number of aromatic hydroxyl groups is 1. The third-order valence-electron chi connectivity index (χ3n) is 3.55. The summed E-state index contributed by atoms with van der Waals surface area (Å²) < 4.78 is 0.535. The van der Waals surface area contributed by atoms with Crippen molar-refractivity contribution in [2.75, 3.05) is 13.1 Å². The molecule has 0 bridgehead atoms. The summed E-state index contributed by atoms with van der Waals surface area (Å²) in [5.74, 6) is -0.572. The quantitative estimate of drug-likeness (QED) is 0.863. The monoisotopic (exact) mass is 326 g/mol. The van der Waals surface area contributed by atoms with Gasteiger partial charge in [0, 0.05) is 18.7 Å². The molecule has 102 valence electrons. The molecule has 5 nitrogen and oxygen atoms in total. The smallest absolute Gasteiger partial charge is 0.254 e. The minimum Gasteiger partial charge on any atom is -0.507 e. The van der Waals surface area contributed by atoms with Gasteiger partial charge in [-0.05, 0) is 47.5 Å². The molecule has 1 aliphatic heterocycles. The van der Waals surface area contributed by atoms with Gasteiger partial charge in [-0.15, -0.1) is 0 Å². The number of phenolic OH excluding ortho intramolecular Hbond substituents is 1. The van der Waals surface area contributed by atoms with Crippen LogP contribution < -0.4 is 5.73 Å². The fraction of sp³-hybridized carbons (Fsp3) is 0.385. The summed E-state index contributed by atoms with van der Waals surface area (Å²) in [6.07, 6.45) is 0.566. The number of likely N-dealkylation sites (tertiary alicyclic amines) is 1. The molecule has 3 N–H and O–H groups in total. The topological polar surface area (TPSA) is 83.6 Å². The van der Waals surface area contributed by atoms with Crippen LogP contribution in [0.2, 0.25) is 0 Å². The van der Waals surface area contributed by atoms with Gasteiger partial charge in [0.1, 0.15) is 5.75 Å². The zero-order valence-electron chi connectivity index (χ0n) is 10.5. The lowest BCUT2D eigenvalue weighted by atomic mass is 9.89. The van der Waals surface area contributed by atoms with E-state index in [1.165, 1.54) is 6.07 Å². The highest BCUT2D eigenvalue weighted by Gasteiger charge is 2.40. The van der Waals surface area contributed by atoms with Crippen LogP contribution in [0, 0.1) is 5.41 Å². The van der Waals surface area contributed by atoms with E-state index < -0.39 is 5.41 Å². The summed E-state index contributed by atoms with van der Waals surface area (Å²) in [7, 11) is 0. The summed E-state index contributed by atoms with van der Waals surface area (Å²) in [5.41, 5.74) is 5.09. The predicted molar refractivity (Wildman–Crippen MR) is 73.6 cm³/mol. The third-order valence-corrected chi connectivity index (χ3v) is 4.22. The molecular formula is C13H15BrN2O3. The van der Waals surface area contributed by atoms with Gasteiger partial charge in [-0.25, -0.2) is 0 Å². The summed E-state index contributed by atoms with van der Waals surface area (Å²) in [4.78, 5) is 25.2. The number of phenols is 1. The summed E-state index contributed by atoms with van der Waals surface area (Å²) in [5, 5.41) is 9.59. The van der Waals surface area contributed by atoms with Crippen LogP contribution in [0.25, 0.3) is 0 Å². The Labute approximate surface area is 119 Å².